The van der Waals surface area contributed by atoms with E-state index < -0.39 is 28.5 Å². The summed E-state index contributed by atoms with van der Waals surface area (Å²) in [5.74, 6) is -1.31. The van der Waals surface area contributed by atoms with Crippen LogP contribution in [0.2, 0.25) is 0 Å². The highest BCUT2D eigenvalue weighted by Gasteiger charge is 2.27. The third kappa shape index (κ3) is 4.78. The number of aliphatic carboxylic acids is 1. The molecule has 0 bridgehead atoms. The summed E-state index contributed by atoms with van der Waals surface area (Å²) in [6.07, 6.45) is -0.408. The van der Waals surface area contributed by atoms with E-state index >= 15 is 0 Å². The minimum Gasteiger partial charge on any atom is -0.550 e. The van der Waals surface area contributed by atoms with Crippen LogP contribution in [0.4, 0.5) is 0 Å². The van der Waals surface area contributed by atoms with Crippen molar-refractivity contribution in [2.45, 2.75) is 17.6 Å². The summed E-state index contributed by atoms with van der Waals surface area (Å²) >= 11 is 0. The lowest BCUT2D eigenvalue weighted by Gasteiger charge is -2.29. The highest BCUT2D eigenvalue weighted by Crippen LogP contribution is 2.22. The first kappa shape index (κ1) is 17.5. The van der Waals surface area contributed by atoms with Crippen LogP contribution in [0.5, 0.6) is 0 Å². The fourth-order valence-corrected chi connectivity index (χ4v) is 3.57. The van der Waals surface area contributed by atoms with E-state index in [4.69, 9.17) is 4.42 Å². The first-order chi connectivity index (χ1) is 10.6. The fourth-order valence-electron chi connectivity index (χ4n) is 2.37. The Kier molecular flexibility index (Phi) is 4.79. The van der Waals surface area contributed by atoms with Gasteiger partial charge in [-0.1, -0.05) is 18.2 Å². The van der Waals surface area contributed by atoms with Crippen LogP contribution in [-0.2, 0) is 14.8 Å². The molecule has 0 aliphatic rings. The van der Waals surface area contributed by atoms with E-state index in [1.165, 1.54) is 6.07 Å². The molecule has 0 aliphatic carbocycles. The number of sulfonamides is 1. The van der Waals surface area contributed by atoms with Gasteiger partial charge in [0.2, 0.25) is 5.09 Å². The molecular weight excluding hydrogens is 320 g/mol. The minimum absolute atomic E-state index is 0.233. The lowest BCUT2D eigenvalue weighted by Crippen LogP contribution is -2.50. The number of carboxylic acids is 1. The third-order valence-corrected chi connectivity index (χ3v) is 4.55. The summed E-state index contributed by atoms with van der Waals surface area (Å²) < 4.78 is 33.1. The second-order valence-electron chi connectivity index (χ2n) is 6.47. The maximum atomic E-state index is 12.5. The van der Waals surface area contributed by atoms with Crippen LogP contribution in [0.1, 0.15) is 6.42 Å². The largest absolute Gasteiger partial charge is 0.550 e. The van der Waals surface area contributed by atoms with Gasteiger partial charge in [0.05, 0.1) is 33.7 Å². The van der Waals surface area contributed by atoms with Gasteiger partial charge in [0.1, 0.15) is 5.58 Å². The van der Waals surface area contributed by atoms with E-state index in [1.54, 1.807) is 24.3 Å². The van der Waals surface area contributed by atoms with E-state index in [2.05, 4.69) is 4.72 Å². The molecule has 1 atom stereocenters. The van der Waals surface area contributed by atoms with E-state index in [1.807, 2.05) is 21.1 Å². The fraction of sp³-hybridized carbons (Fsp3) is 0.400. The Morgan fingerprint density at radius 2 is 1.96 bits per heavy atom. The molecule has 2 aromatic rings. The lowest BCUT2D eigenvalue weighted by molar-refractivity contribution is -0.871. The summed E-state index contributed by atoms with van der Waals surface area (Å²) in [7, 11) is 1.58. The average Bonchev–Trinajstić information content (AvgIpc) is 2.79. The number of hydrogen-bond donors (Lipinski definition) is 1. The van der Waals surface area contributed by atoms with E-state index in [0.29, 0.717) is 22.0 Å². The molecule has 1 N–H and O–H groups in total. The normalized spacial score (nSPS) is 14.0. The Morgan fingerprint density at radius 3 is 2.52 bits per heavy atom. The smallest absolute Gasteiger partial charge is 0.274 e. The van der Waals surface area contributed by atoms with Gasteiger partial charge >= 0.3 is 0 Å². The number of furan rings is 1. The van der Waals surface area contributed by atoms with Crippen molar-refractivity contribution in [1.82, 2.24) is 4.72 Å². The second kappa shape index (κ2) is 6.31. The number of nitrogens with one attached hydrogen (secondary N) is 1. The number of quaternary nitrogens is 1. The lowest BCUT2D eigenvalue weighted by atomic mass is 10.2. The van der Waals surface area contributed by atoms with Gasteiger partial charge < -0.3 is 18.8 Å². The van der Waals surface area contributed by atoms with Crippen molar-refractivity contribution in [3.8, 4) is 0 Å². The Bertz CT molecular complexity index is 772. The Morgan fingerprint density at radius 1 is 1.30 bits per heavy atom. The van der Waals surface area contributed by atoms with Crippen LogP contribution in [0.15, 0.2) is 39.8 Å². The standard InChI is InChI=1S/C15H20N2O5S/c1-17(2,3)10-12(9-14(18)19)16-23(20,21)15-8-11-6-4-5-7-13(11)22-15/h4-8,12,16H,9-10H2,1-3H3. The molecule has 1 unspecified atom stereocenters. The Labute approximate surface area is 135 Å². The van der Waals surface area contributed by atoms with Gasteiger partial charge in [-0.15, -0.1) is 0 Å². The van der Waals surface area contributed by atoms with Crippen molar-refractivity contribution in [2.24, 2.45) is 0 Å². The molecule has 0 amide bonds. The van der Waals surface area contributed by atoms with Crippen molar-refractivity contribution in [2.75, 3.05) is 27.7 Å². The summed E-state index contributed by atoms with van der Waals surface area (Å²) in [4.78, 5) is 10.9. The van der Waals surface area contributed by atoms with Crippen molar-refractivity contribution in [3.05, 3.63) is 30.3 Å². The molecule has 2 rings (SSSR count). The minimum atomic E-state index is -3.96. The number of carboxylic acid groups (broad SMARTS) is 1. The predicted octanol–water partition coefficient (Wildman–Crippen LogP) is -0.0741. The van der Waals surface area contributed by atoms with Gasteiger partial charge in [-0.25, -0.2) is 8.42 Å². The van der Waals surface area contributed by atoms with Gasteiger partial charge in [-0.3, -0.25) is 0 Å². The number of hydrogen-bond acceptors (Lipinski definition) is 5. The predicted molar refractivity (Wildman–Crippen MR) is 82.8 cm³/mol. The Hall–Kier alpha value is -1.90. The molecule has 0 spiro atoms. The highest BCUT2D eigenvalue weighted by atomic mass is 32.2. The molecule has 126 valence electrons. The highest BCUT2D eigenvalue weighted by molar-refractivity contribution is 7.89. The monoisotopic (exact) mass is 340 g/mol. The zero-order chi connectivity index (χ0) is 17.3. The van der Waals surface area contributed by atoms with Crippen LogP contribution in [-0.4, -0.2) is 52.6 Å². The molecule has 7 nitrogen and oxygen atoms in total. The maximum Gasteiger partial charge on any atom is 0.274 e. The molecule has 23 heavy (non-hydrogen) atoms. The number of para-hydroxylation sites is 1. The van der Waals surface area contributed by atoms with E-state index in [0.717, 1.165) is 0 Å². The van der Waals surface area contributed by atoms with Gasteiger partial charge in [0, 0.05) is 23.8 Å². The molecule has 0 saturated carbocycles. The number of benzene rings is 1. The van der Waals surface area contributed by atoms with Crippen molar-refractivity contribution >= 4 is 27.0 Å². The summed E-state index contributed by atoms with van der Waals surface area (Å²) in [6, 6.07) is 7.54. The molecule has 1 heterocycles. The summed E-state index contributed by atoms with van der Waals surface area (Å²) in [5, 5.41) is 11.3. The first-order valence-electron chi connectivity index (χ1n) is 7.08. The van der Waals surface area contributed by atoms with Crippen LogP contribution < -0.4 is 9.83 Å². The molecule has 8 heteroatoms. The molecule has 0 saturated heterocycles. The van der Waals surface area contributed by atoms with E-state index in [-0.39, 0.29) is 5.09 Å². The van der Waals surface area contributed by atoms with Crippen molar-refractivity contribution < 1.29 is 27.2 Å². The quantitative estimate of drug-likeness (QED) is 0.711. The summed E-state index contributed by atoms with van der Waals surface area (Å²) in [5.41, 5.74) is 0.455. The van der Waals surface area contributed by atoms with E-state index in [9.17, 15) is 18.3 Å². The van der Waals surface area contributed by atoms with Crippen LogP contribution in [0.25, 0.3) is 11.0 Å². The Balaban J connectivity index is 2.27. The molecule has 1 aromatic heterocycles. The topological polar surface area (TPSA) is 99.4 Å². The van der Waals surface area contributed by atoms with Crippen LogP contribution in [0, 0.1) is 0 Å². The number of rotatable bonds is 7. The van der Waals surface area contributed by atoms with Gasteiger partial charge in [0.25, 0.3) is 10.0 Å². The molecular formula is C15H20N2O5S. The second-order valence-corrected chi connectivity index (χ2v) is 8.12. The molecule has 1 aromatic carbocycles. The number of carbonyl (C=O) groups excluding carboxylic acids is 1. The van der Waals surface area contributed by atoms with Crippen LogP contribution in [0.3, 0.4) is 0 Å². The summed E-state index contributed by atoms with van der Waals surface area (Å²) in [6.45, 7) is 0.299. The zero-order valence-electron chi connectivity index (χ0n) is 13.3. The molecule has 0 fully saturated rings. The SMILES string of the molecule is C[N+](C)(C)CC(CC(=O)[O-])NS(=O)(=O)c1cc2ccccc2o1. The average molecular weight is 340 g/mol. The third-order valence-electron chi connectivity index (χ3n) is 3.17. The number of fused-ring (bicyclic) bond motifs is 1. The zero-order valence-corrected chi connectivity index (χ0v) is 14.1. The number of likely N-dealkylation sites (N-methyl/N-ethyl adjacent to an activating group) is 1. The van der Waals surface area contributed by atoms with Crippen molar-refractivity contribution in [3.63, 3.8) is 0 Å². The van der Waals surface area contributed by atoms with Crippen LogP contribution >= 0.6 is 0 Å². The van der Waals surface area contributed by atoms with Gasteiger partial charge in [0.15, 0.2) is 0 Å². The first-order valence-corrected chi connectivity index (χ1v) is 8.56. The van der Waals surface area contributed by atoms with Crippen molar-refractivity contribution in [1.29, 1.82) is 0 Å². The number of carbonyl (C=O) groups is 1. The molecule has 0 aliphatic heterocycles. The van der Waals surface area contributed by atoms with Gasteiger partial charge in [-0.2, -0.15) is 4.72 Å². The molecule has 0 radical (unpaired) electrons. The maximum absolute atomic E-state index is 12.5. The number of nitrogens with zero attached hydrogens (tertiary/aromatic N) is 1. The van der Waals surface area contributed by atoms with Gasteiger partial charge in [-0.05, 0) is 6.07 Å².